The first kappa shape index (κ1) is 15.9. The molecule has 1 aromatic rings. The zero-order chi connectivity index (χ0) is 14.3. The van der Waals surface area contributed by atoms with Crippen molar-refractivity contribution in [3.63, 3.8) is 0 Å². The van der Waals surface area contributed by atoms with Gasteiger partial charge in [0.15, 0.2) is 0 Å². The Morgan fingerprint density at radius 2 is 1.95 bits per heavy atom. The fraction of sp³-hybridized carbons (Fsp3) is 0.357. The van der Waals surface area contributed by atoms with Gasteiger partial charge in [-0.25, -0.2) is 0 Å². The molecule has 0 spiro atoms. The van der Waals surface area contributed by atoms with E-state index in [1.807, 2.05) is 25.1 Å². The van der Waals surface area contributed by atoms with E-state index in [-0.39, 0.29) is 32.2 Å². The van der Waals surface area contributed by atoms with Crippen molar-refractivity contribution >= 4 is 27.9 Å². The predicted molar refractivity (Wildman–Crippen MR) is 78.7 cm³/mol. The number of rotatable bonds is 6. The average Bonchev–Trinajstić information content (AvgIpc) is 2.37. The van der Waals surface area contributed by atoms with Crippen molar-refractivity contribution in [2.75, 3.05) is 26.3 Å². The van der Waals surface area contributed by atoms with E-state index in [1.54, 1.807) is 6.08 Å². The van der Waals surface area contributed by atoms with Gasteiger partial charge in [0.1, 0.15) is 0 Å². The molecule has 1 aromatic carbocycles. The van der Waals surface area contributed by atoms with Gasteiger partial charge in [-0.2, -0.15) is 0 Å². The maximum atomic E-state index is 11.9. The highest BCUT2D eigenvalue weighted by Gasteiger charge is 2.08. The summed E-state index contributed by atoms with van der Waals surface area (Å²) >= 11 is 3.44. The van der Waals surface area contributed by atoms with Crippen LogP contribution < -0.4 is 0 Å². The van der Waals surface area contributed by atoms with Crippen LogP contribution in [0.2, 0.25) is 0 Å². The number of halogens is 1. The van der Waals surface area contributed by atoms with Gasteiger partial charge in [-0.15, -0.1) is 0 Å². The van der Waals surface area contributed by atoms with E-state index >= 15 is 0 Å². The van der Waals surface area contributed by atoms with Crippen LogP contribution in [0.5, 0.6) is 0 Å². The molecule has 0 radical (unpaired) electrons. The molecule has 1 rings (SSSR count). The lowest BCUT2D eigenvalue weighted by Crippen LogP contribution is -2.34. The number of aryl methyl sites for hydroxylation is 1. The van der Waals surface area contributed by atoms with Crippen LogP contribution in [0.15, 0.2) is 28.7 Å². The first-order valence-electron chi connectivity index (χ1n) is 6.03. The van der Waals surface area contributed by atoms with Gasteiger partial charge >= 0.3 is 0 Å². The second-order valence-corrected chi connectivity index (χ2v) is 4.99. The summed E-state index contributed by atoms with van der Waals surface area (Å²) in [6.07, 6.45) is 3.16. The maximum Gasteiger partial charge on any atom is 0.246 e. The Labute approximate surface area is 121 Å². The highest BCUT2D eigenvalue weighted by Crippen LogP contribution is 2.19. The Hall–Kier alpha value is -1.17. The molecule has 0 saturated carbocycles. The Kier molecular flexibility index (Phi) is 6.77. The molecule has 0 heterocycles. The van der Waals surface area contributed by atoms with Crippen molar-refractivity contribution in [1.82, 2.24) is 4.90 Å². The van der Waals surface area contributed by atoms with Gasteiger partial charge in [0.05, 0.1) is 13.2 Å². The van der Waals surface area contributed by atoms with Crippen molar-refractivity contribution in [1.29, 1.82) is 0 Å². The summed E-state index contributed by atoms with van der Waals surface area (Å²) in [4.78, 5) is 13.3. The topological polar surface area (TPSA) is 60.8 Å². The first-order chi connectivity index (χ1) is 9.08. The Bertz CT molecular complexity index is 454. The summed E-state index contributed by atoms with van der Waals surface area (Å²) in [6, 6.07) is 5.86. The summed E-state index contributed by atoms with van der Waals surface area (Å²) in [5.74, 6) is -0.226. The van der Waals surface area contributed by atoms with E-state index in [0.29, 0.717) is 0 Å². The molecule has 0 unspecified atom stereocenters. The lowest BCUT2D eigenvalue weighted by molar-refractivity contribution is -0.126. The second kappa shape index (κ2) is 8.09. The molecule has 0 aliphatic carbocycles. The molecular formula is C14H18BrNO3. The average molecular weight is 328 g/mol. The van der Waals surface area contributed by atoms with E-state index in [1.165, 1.54) is 11.0 Å². The quantitative estimate of drug-likeness (QED) is 0.780. The van der Waals surface area contributed by atoms with Crippen molar-refractivity contribution in [2.45, 2.75) is 6.92 Å². The van der Waals surface area contributed by atoms with Crippen LogP contribution in [0.3, 0.4) is 0 Å². The highest BCUT2D eigenvalue weighted by molar-refractivity contribution is 9.10. The van der Waals surface area contributed by atoms with E-state index in [2.05, 4.69) is 15.9 Å². The minimum atomic E-state index is -0.226. The van der Waals surface area contributed by atoms with Gasteiger partial charge in [0.2, 0.25) is 5.91 Å². The van der Waals surface area contributed by atoms with Gasteiger partial charge in [0, 0.05) is 23.6 Å². The zero-order valence-electron chi connectivity index (χ0n) is 10.8. The summed E-state index contributed by atoms with van der Waals surface area (Å²) in [6.45, 7) is 2.20. The molecule has 0 fully saturated rings. The first-order valence-corrected chi connectivity index (χ1v) is 6.82. The molecule has 0 saturated heterocycles. The molecular weight excluding hydrogens is 310 g/mol. The molecule has 4 nitrogen and oxygen atoms in total. The molecule has 2 N–H and O–H groups in total. The van der Waals surface area contributed by atoms with Crippen LogP contribution in [0, 0.1) is 6.92 Å². The van der Waals surface area contributed by atoms with Crippen LogP contribution >= 0.6 is 15.9 Å². The van der Waals surface area contributed by atoms with Gasteiger partial charge in [-0.05, 0) is 30.2 Å². The third-order valence-electron chi connectivity index (χ3n) is 2.61. The molecule has 0 aliphatic heterocycles. The van der Waals surface area contributed by atoms with Crippen LogP contribution in [-0.4, -0.2) is 47.3 Å². The van der Waals surface area contributed by atoms with E-state index in [4.69, 9.17) is 10.2 Å². The minimum absolute atomic E-state index is 0.117. The molecule has 1 amide bonds. The highest BCUT2D eigenvalue weighted by atomic mass is 79.9. The minimum Gasteiger partial charge on any atom is -0.395 e. The molecule has 5 heteroatoms. The molecule has 0 aliphatic rings. The summed E-state index contributed by atoms with van der Waals surface area (Å²) < 4.78 is 0.924. The summed E-state index contributed by atoms with van der Waals surface area (Å²) in [7, 11) is 0. The van der Waals surface area contributed by atoms with Crippen LogP contribution in [0.1, 0.15) is 11.1 Å². The Balaban J connectivity index is 2.76. The van der Waals surface area contributed by atoms with Crippen molar-refractivity contribution in [3.05, 3.63) is 39.9 Å². The monoisotopic (exact) mass is 327 g/mol. The number of aliphatic hydroxyl groups is 2. The number of nitrogens with zero attached hydrogens (tertiary/aromatic N) is 1. The SMILES string of the molecule is Cc1ccc(/C=C/C(=O)N(CCO)CCO)c(Br)c1. The second-order valence-electron chi connectivity index (χ2n) is 4.13. The molecule has 0 atom stereocenters. The Morgan fingerprint density at radius 3 is 2.47 bits per heavy atom. The van der Waals surface area contributed by atoms with Gasteiger partial charge in [-0.3, -0.25) is 4.79 Å². The number of carbonyl (C=O) groups excluding carboxylic acids is 1. The number of benzene rings is 1. The van der Waals surface area contributed by atoms with Crippen LogP contribution in [0.25, 0.3) is 6.08 Å². The summed E-state index contributed by atoms with van der Waals surface area (Å²) in [5.41, 5.74) is 2.05. The molecule has 0 aromatic heterocycles. The largest absolute Gasteiger partial charge is 0.395 e. The zero-order valence-corrected chi connectivity index (χ0v) is 12.4. The van der Waals surface area contributed by atoms with Crippen molar-refractivity contribution in [3.8, 4) is 0 Å². The van der Waals surface area contributed by atoms with Gasteiger partial charge < -0.3 is 15.1 Å². The predicted octanol–water partition coefficient (Wildman–Crippen LogP) is 1.58. The number of hydrogen-bond donors (Lipinski definition) is 2. The lowest BCUT2D eigenvalue weighted by Gasteiger charge is -2.18. The molecule has 0 bridgehead atoms. The Morgan fingerprint density at radius 1 is 1.32 bits per heavy atom. The molecule has 19 heavy (non-hydrogen) atoms. The number of aliphatic hydroxyl groups excluding tert-OH is 2. The van der Waals surface area contributed by atoms with Crippen LogP contribution in [-0.2, 0) is 4.79 Å². The number of hydrogen-bond acceptors (Lipinski definition) is 3. The van der Waals surface area contributed by atoms with Gasteiger partial charge in [0.25, 0.3) is 0 Å². The fourth-order valence-corrected chi connectivity index (χ4v) is 2.23. The third kappa shape index (κ3) is 5.14. The normalized spacial score (nSPS) is 10.9. The van der Waals surface area contributed by atoms with E-state index < -0.39 is 0 Å². The fourth-order valence-electron chi connectivity index (χ4n) is 1.61. The van der Waals surface area contributed by atoms with Crippen molar-refractivity contribution < 1.29 is 15.0 Å². The summed E-state index contributed by atoms with van der Waals surface area (Å²) in [5, 5.41) is 17.7. The third-order valence-corrected chi connectivity index (χ3v) is 3.30. The van der Waals surface area contributed by atoms with Crippen LogP contribution in [0.4, 0.5) is 0 Å². The van der Waals surface area contributed by atoms with Crippen molar-refractivity contribution in [2.24, 2.45) is 0 Å². The van der Waals surface area contributed by atoms with Gasteiger partial charge in [-0.1, -0.05) is 28.1 Å². The maximum absolute atomic E-state index is 11.9. The number of amides is 1. The molecule has 104 valence electrons. The van der Waals surface area contributed by atoms with E-state index in [0.717, 1.165) is 15.6 Å². The van der Waals surface area contributed by atoms with E-state index in [9.17, 15) is 4.79 Å². The number of carbonyl (C=O) groups is 1. The smallest absolute Gasteiger partial charge is 0.246 e. The lowest BCUT2D eigenvalue weighted by atomic mass is 10.1. The standard InChI is InChI=1S/C14H18BrNO3/c1-11-2-3-12(13(15)10-11)4-5-14(19)16(6-8-17)7-9-18/h2-5,10,17-18H,6-9H2,1H3/b5-4+.